The largest absolute Gasteiger partial charge is 0.477 e. The summed E-state index contributed by atoms with van der Waals surface area (Å²) in [6.45, 7) is 0. The van der Waals surface area contributed by atoms with E-state index >= 15 is 0 Å². The van der Waals surface area contributed by atoms with Crippen LogP contribution in [0.25, 0.3) is 0 Å². The number of halogens is 3. The highest BCUT2D eigenvalue weighted by atomic mass is 79.9. The Morgan fingerprint density at radius 2 is 1.76 bits per heavy atom. The summed E-state index contributed by atoms with van der Waals surface area (Å²) >= 11 is 10.7. The Kier molecular flexibility index (Phi) is 5.14. The highest BCUT2D eigenvalue weighted by Gasteiger charge is 2.25. The number of anilines is 1. The molecule has 0 bridgehead atoms. The summed E-state index contributed by atoms with van der Waals surface area (Å²) in [6, 6.07) is 4.61. The van der Waals surface area contributed by atoms with Gasteiger partial charge in [-0.1, -0.05) is 15.9 Å². The molecule has 0 saturated carbocycles. The van der Waals surface area contributed by atoms with Crippen LogP contribution in [0.15, 0.2) is 41.9 Å². The Morgan fingerprint density at radius 3 is 2.29 bits per heavy atom. The maximum atomic E-state index is 12.4. The third-order valence-electron chi connectivity index (χ3n) is 2.36. The number of thiophene rings is 1. The van der Waals surface area contributed by atoms with Crippen molar-refractivity contribution in [3.05, 3.63) is 41.9 Å². The lowest BCUT2D eigenvalue weighted by Gasteiger charge is -2.12. The summed E-state index contributed by atoms with van der Waals surface area (Å²) in [6.07, 6.45) is 0. The van der Waals surface area contributed by atoms with Crippen molar-refractivity contribution < 1.29 is 18.3 Å². The molecule has 0 unspecified atom stereocenters. The fourth-order valence-electron chi connectivity index (χ4n) is 1.49. The van der Waals surface area contributed by atoms with Gasteiger partial charge in [-0.05, 0) is 55.4 Å². The van der Waals surface area contributed by atoms with E-state index in [1.54, 1.807) is 12.1 Å². The average Bonchev–Trinajstić information content (AvgIpc) is 2.83. The van der Waals surface area contributed by atoms with Crippen LogP contribution >= 0.6 is 59.1 Å². The average molecular weight is 520 g/mol. The van der Waals surface area contributed by atoms with Crippen molar-refractivity contribution in [2.75, 3.05) is 4.72 Å². The molecule has 1 heterocycles. The standard InChI is InChI=1S/C11H6Br3NO4S2/c12-5-3-6(13)9(7(14)4-5)15-21(18,19)8-1-2-20-10(8)11(16)17/h1-4,15H,(H,16,17). The predicted octanol–water partition coefficient (Wildman–Crippen LogP) is 4.53. The summed E-state index contributed by atoms with van der Waals surface area (Å²) < 4.78 is 28.9. The van der Waals surface area contributed by atoms with E-state index in [1.165, 1.54) is 11.4 Å². The van der Waals surface area contributed by atoms with Crippen LogP contribution < -0.4 is 4.72 Å². The molecule has 0 aliphatic rings. The van der Waals surface area contributed by atoms with Gasteiger partial charge in [0.1, 0.15) is 9.77 Å². The van der Waals surface area contributed by atoms with Gasteiger partial charge in [-0.25, -0.2) is 13.2 Å². The van der Waals surface area contributed by atoms with E-state index in [2.05, 4.69) is 52.5 Å². The molecule has 0 amide bonds. The van der Waals surface area contributed by atoms with Crippen LogP contribution in [-0.4, -0.2) is 19.5 Å². The predicted molar refractivity (Wildman–Crippen MR) is 91.6 cm³/mol. The molecule has 0 aliphatic carbocycles. The van der Waals surface area contributed by atoms with Gasteiger partial charge in [0, 0.05) is 13.4 Å². The molecular formula is C11H6Br3NO4S2. The lowest BCUT2D eigenvalue weighted by Crippen LogP contribution is -2.15. The lowest BCUT2D eigenvalue weighted by molar-refractivity contribution is 0.0698. The second-order valence-electron chi connectivity index (χ2n) is 3.77. The Hall–Kier alpha value is -0.420. The molecule has 0 saturated heterocycles. The Labute approximate surface area is 149 Å². The van der Waals surface area contributed by atoms with E-state index in [-0.39, 0.29) is 9.77 Å². The van der Waals surface area contributed by atoms with Gasteiger partial charge in [0.2, 0.25) is 0 Å². The topological polar surface area (TPSA) is 83.5 Å². The van der Waals surface area contributed by atoms with Gasteiger partial charge in [-0.2, -0.15) is 0 Å². The molecule has 10 heteroatoms. The van der Waals surface area contributed by atoms with Gasteiger partial charge in [0.15, 0.2) is 0 Å². The van der Waals surface area contributed by atoms with E-state index in [1.807, 2.05) is 0 Å². The van der Waals surface area contributed by atoms with Gasteiger partial charge >= 0.3 is 5.97 Å². The van der Waals surface area contributed by atoms with Crippen LogP contribution in [0.1, 0.15) is 9.67 Å². The third kappa shape index (κ3) is 3.67. The van der Waals surface area contributed by atoms with Crippen molar-refractivity contribution in [3.63, 3.8) is 0 Å². The lowest BCUT2D eigenvalue weighted by atomic mass is 10.3. The highest BCUT2D eigenvalue weighted by molar-refractivity contribution is 9.11. The van der Waals surface area contributed by atoms with E-state index in [9.17, 15) is 13.2 Å². The van der Waals surface area contributed by atoms with Crippen molar-refractivity contribution in [1.82, 2.24) is 0 Å². The number of carboxylic acids is 1. The van der Waals surface area contributed by atoms with Crippen LogP contribution in [0.3, 0.4) is 0 Å². The maximum absolute atomic E-state index is 12.4. The molecule has 2 aromatic rings. The van der Waals surface area contributed by atoms with Crippen LogP contribution in [0.4, 0.5) is 5.69 Å². The van der Waals surface area contributed by atoms with E-state index < -0.39 is 16.0 Å². The van der Waals surface area contributed by atoms with Crippen LogP contribution in [0.5, 0.6) is 0 Å². The number of aromatic carboxylic acids is 1. The first-order valence-corrected chi connectivity index (χ1v) is 9.94. The first-order valence-electron chi connectivity index (χ1n) is 5.20. The molecule has 0 radical (unpaired) electrons. The molecule has 2 N–H and O–H groups in total. The van der Waals surface area contributed by atoms with E-state index in [0.717, 1.165) is 15.8 Å². The fraction of sp³-hybridized carbons (Fsp3) is 0. The Balaban J connectivity index is 2.48. The normalized spacial score (nSPS) is 11.4. The first-order chi connectivity index (χ1) is 9.72. The number of carbonyl (C=O) groups is 1. The Bertz CT molecular complexity index is 794. The zero-order chi connectivity index (χ0) is 15.8. The molecule has 0 spiro atoms. The zero-order valence-electron chi connectivity index (χ0n) is 9.93. The van der Waals surface area contributed by atoms with Gasteiger partial charge < -0.3 is 5.11 Å². The van der Waals surface area contributed by atoms with Crippen LogP contribution in [0.2, 0.25) is 0 Å². The summed E-state index contributed by atoms with van der Waals surface area (Å²) in [5.41, 5.74) is 0.292. The van der Waals surface area contributed by atoms with Crippen molar-refractivity contribution in [2.45, 2.75) is 4.90 Å². The van der Waals surface area contributed by atoms with E-state index in [4.69, 9.17) is 5.11 Å². The van der Waals surface area contributed by atoms with Crippen molar-refractivity contribution in [3.8, 4) is 0 Å². The van der Waals surface area contributed by atoms with Gasteiger partial charge in [-0.3, -0.25) is 4.72 Å². The molecule has 112 valence electrons. The molecule has 21 heavy (non-hydrogen) atoms. The number of hydrogen-bond donors (Lipinski definition) is 2. The number of carboxylic acid groups (broad SMARTS) is 1. The SMILES string of the molecule is O=C(O)c1sccc1S(=O)(=O)Nc1c(Br)cc(Br)cc1Br. The van der Waals surface area contributed by atoms with Gasteiger partial charge in [0.25, 0.3) is 10.0 Å². The molecule has 5 nitrogen and oxygen atoms in total. The number of sulfonamides is 1. The third-order valence-corrected chi connectivity index (χ3v) is 6.49. The minimum absolute atomic E-state index is 0.230. The first kappa shape index (κ1) is 16.9. The maximum Gasteiger partial charge on any atom is 0.347 e. The zero-order valence-corrected chi connectivity index (χ0v) is 16.3. The van der Waals surface area contributed by atoms with Crippen molar-refractivity contribution >= 4 is 80.8 Å². The molecule has 0 aliphatic heterocycles. The second kappa shape index (κ2) is 6.37. The number of hydrogen-bond acceptors (Lipinski definition) is 4. The number of nitrogens with one attached hydrogen (secondary N) is 1. The number of rotatable bonds is 4. The van der Waals surface area contributed by atoms with Crippen LogP contribution in [-0.2, 0) is 10.0 Å². The minimum Gasteiger partial charge on any atom is -0.477 e. The number of benzene rings is 1. The smallest absolute Gasteiger partial charge is 0.347 e. The summed E-state index contributed by atoms with van der Waals surface area (Å²) in [5.74, 6) is -1.28. The summed E-state index contributed by atoms with van der Waals surface area (Å²) in [7, 11) is -4.00. The highest BCUT2D eigenvalue weighted by Crippen LogP contribution is 2.36. The molecular weight excluding hydrogens is 514 g/mol. The van der Waals surface area contributed by atoms with Crippen LogP contribution in [0, 0.1) is 0 Å². The van der Waals surface area contributed by atoms with Crippen molar-refractivity contribution in [2.24, 2.45) is 0 Å². The quantitative estimate of drug-likeness (QED) is 0.621. The van der Waals surface area contributed by atoms with Crippen molar-refractivity contribution in [1.29, 1.82) is 0 Å². The molecule has 0 fully saturated rings. The molecule has 1 aromatic carbocycles. The molecule has 2 rings (SSSR count). The Morgan fingerprint density at radius 1 is 1.19 bits per heavy atom. The molecule has 0 atom stereocenters. The fourth-order valence-corrected chi connectivity index (χ4v) is 6.58. The minimum atomic E-state index is -4.00. The monoisotopic (exact) mass is 517 g/mol. The molecule has 1 aromatic heterocycles. The second-order valence-corrected chi connectivity index (χ2v) is 8.96. The van der Waals surface area contributed by atoms with Gasteiger partial charge in [-0.15, -0.1) is 11.3 Å². The van der Waals surface area contributed by atoms with E-state index in [0.29, 0.717) is 14.6 Å². The summed E-state index contributed by atoms with van der Waals surface area (Å²) in [5, 5.41) is 10.4. The summed E-state index contributed by atoms with van der Waals surface area (Å²) in [4.78, 5) is 10.6. The van der Waals surface area contributed by atoms with Gasteiger partial charge in [0.05, 0.1) is 5.69 Å².